The number of ether oxygens (including phenoxy) is 2. The third-order valence-corrected chi connectivity index (χ3v) is 1.58. The van der Waals surface area contributed by atoms with Crippen molar-refractivity contribution in [2.75, 3.05) is 13.2 Å². The number of epoxide rings is 1. The molecular formula is C12H14O3. The molecular weight excluding hydrogens is 192 g/mol. The summed E-state index contributed by atoms with van der Waals surface area (Å²) in [6.07, 6.45) is 1.73. The van der Waals surface area contributed by atoms with Gasteiger partial charge in [-0.2, -0.15) is 0 Å². The van der Waals surface area contributed by atoms with Gasteiger partial charge in [0.1, 0.15) is 5.75 Å². The molecule has 0 N–H and O–H groups in total. The lowest BCUT2D eigenvalue weighted by Gasteiger charge is -1.99. The van der Waals surface area contributed by atoms with E-state index in [-0.39, 0.29) is 5.97 Å². The molecule has 1 heterocycles. The summed E-state index contributed by atoms with van der Waals surface area (Å²) in [5.41, 5.74) is 1.01. The number of hydrogen-bond donors (Lipinski definition) is 0. The van der Waals surface area contributed by atoms with Crippen LogP contribution in [0, 0.1) is 0 Å². The average molecular weight is 206 g/mol. The van der Waals surface area contributed by atoms with Crippen molar-refractivity contribution in [1.82, 2.24) is 0 Å². The Hall–Kier alpha value is -1.61. The molecule has 0 atom stereocenters. The van der Waals surface area contributed by atoms with Gasteiger partial charge < -0.3 is 9.47 Å². The van der Waals surface area contributed by atoms with E-state index in [0.717, 1.165) is 18.8 Å². The fourth-order valence-corrected chi connectivity index (χ4v) is 0.838. The first-order valence-corrected chi connectivity index (χ1v) is 4.71. The maximum Gasteiger partial charge on any atom is 0.308 e. The van der Waals surface area contributed by atoms with Crippen molar-refractivity contribution in [2.24, 2.45) is 0 Å². The summed E-state index contributed by atoms with van der Waals surface area (Å²) in [5, 5.41) is 0. The number of benzene rings is 1. The molecule has 0 radical (unpaired) electrons. The van der Waals surface area contributed by atoms with E-state index in [1.165, 1.54) is 6.92 Å². The molecule has 0 amide bonds. The molecule has 1 aromatic rings. The van der Waals surface area contributed by atoms with Crippen LogP contribution in [0.2, 0.25) is 0 Å². The van der Waals surface area contributed by atoms with Gasteiger partial charge in [0.05, 0.1) is 13.2 Å². The van der Waals surface area contributed by atoms with E-state index < -0.39 is 0 Å². The maximum atomic E-state index is 10.5. The third-order valence-electron chi connectivity index (χ3n) is 1.58. The first-order valence-electron chi connectivity index (χ1n) is 4.71. The molecule has 1 aromatic carbocycles. The van der Waals surface area contributed by atoms with Crippen LogP contribution in [0.1, 0.15) is 12.5 Å². The van der Waals surface area contributed by atoms with Crippen LogP contribution in [-0.2, 0) is 9.53 Å². The summed E-state index contributed by atoms with van der Waals surface area (Å²) in [4.78, 5) is 10.5. The lowest BCUT2D eigenvalue weighted by Crippen LogP contribution is -2.00. The summed E-state index contributed by atoms with van der Waals surface area (Å²) in [7, 11) is 0. The number of carbonyl (C=O) groups is 1. The van der Waals surface area contributed by atoms with Crippen molar-refractivity contribution in [3.63, 3.8) is 0 Å². The first kappa shape index (κ1) is 11.5. The molecule has 80 valence electrons. The Morgan fingerprint density at radius 3 is 2.27 bits per heavy atom. The van der Waals surface area contributed by atoms with E-state index in [1.807, 2.05) is 12.1 Å². The van der Waals surface area contributed by atoms with Crippen LogP contribution in [0.15, 0.2) is 30.8 Å². The Kier molecular flexibility index (Phi) is 4.57. The largest absolute Gasteiger partial charge is 0.427 e. The van der Waals surface area contributed by atoms with E-state index in [4.69, 9.17) is 4.74 Å². The molecule has 0 spiro atoms. The van der Waals surface area contributed by atoms with Gasteiger partial charge in [-0.3, -0.25) is 4.79 Å². The summed E-state index contributed by atoms with van der Waals surface area (Å²) in [6, 6.07) is 7.15. The summed E-state index contributed by atoms with van der Waals surface area (Å²) in [6.45, 7) is 6.99. The zero-order chi connectivity index (χ0) is 11.1. The molecule has 1 saturated heterocycles. The van der Waals surface area contributed by atoms with Crippen LogP contribution >= 0.6 is 0 Å². The number of esters is 1. The topological polar surface area (TPSA) is 38.8 Å². The maximum absolute atomic E-state index is 10.5. The monoisotopic (exact) mass is 206 g/mol. The van der Waals surface area contributed by atoms with E-state index in [2.05, 4.69) is 11.3 Å². The molecule has 0 unspecified atom stereocenters. The first-order chi connectivity index (χ1) is 7.22. The molecule has 1 aliphatic heterocycles. The predicted octanol–water partition coefficient (Wildman–Crippen LogP) is 2.27. The SMILES string of the molecule is C1CO1.C=Cc1ccc(OC(C)=O)cc1. The smallest absolute Gasteiger partial charge is 0.308 e. The highest BCUT2D eigenvalue weighted by molar-refractivity contribution is 5.69. The van der Waals surface area contributed by atoms with Crippen molar-refractivity contribution >= 4 is 12.0 Å². The molecule has 1 aliphatic rings. The molecule has 0 bridgehead atoms. The lowest BCUT2D eigenvalue weighted by atomic mass is 10.2. The van der Waals surface area contributed by atoms with Gasteiger partial charge in [0.25, 0.3) is 0 Å². The van der Waals surface area contributed by atoms with Crippen molar-refractivity contribution in [3.05, 3.63) is 36.4 Å². The highest BCUT2D eigenvalue weighted by atomic mass is 16.6. The second-order valence-corrected chi connectivity index (χ2v) is 2.98. The minimum absolute atomic E-state index is 0.304. The Morgan fingerprint density at radius 2 is 1.93 bits per heavy atom. The van der Waals surface area contributed by atoms with Gasteiger partial charge in [0.15, 0.2) is 0 Å². The van der Waals surface area contributed by atoms with Gasteiger partial charge in [-0.25, -0.2) is 0 Å². The molecule has 0 aromatic heterocycles. The van der Waals surface area contributed by atoms with Gasteiger partial charge in [-0.1, -0.05) is 24.8 Å². The highest BCUT2D eigenvalue weighted by Crippen LogP contribution is 2.12. The average Bonchev–Trinajstić information content (AvgIpc) is 3.05. The van der Waals surface area contributed by atoms with Crippen LogP contribution in [0.3, 0.4) is 0 Å². The van der Waals surface area contributed by atoms with E-state index in [1.54, 1.807) is 18.2 Å². The highest BCUT2D eigenvalue weighted by Gasteiger charge is 1.95. The molecule has 2 rings (SSSR count). The van der Waals surface area contributed by atoms with Crippen LogP contribution in [0.5, 0.6) is 5.75 Å². The summed E-state index contributed by atoms with van der Waals surface area (Å²) < 4.78 is 9.34. The molecule has 3 heteroatoms. The van der Waals surface area contributed by atoms with E-state index in [9.17, 15) is 4.79 Å². The second kappa shape index (κ2) is 5.98. The van der Waals surface area contributed by atoms with Crippen LogP contribution < -0.4 is 4.74 Å². The van der Waals surface area contributed by atoms with Crippen molar-refractivity contribution in [3.8, 4) is 5.75 Å². The van der Waals surface area contributed by atoms with Gasteiger partial charge in [-0.15, -0.1) is 0 Å². The zero-order valence-corrected chi connectivity index (χ0v) is 8.73. The number of carbonyl (C=O) groups excluding carboxylic acids is 1. The van der Waals surface area contributed by atoms with Crippen molar-refractivity contribution in [2.45, 2.75) is 6.92 Å². The lowest BCUT2D eigenvalue weighted by molar-refractivity contribution is -0.131. The Balaban J connectivity index is 0.000000319. The molecule has 15 heavy (non-hydrogen) atoms. The van der Waals surface area contributed by atoms with Crippen LogP contribution in [0.4, 0.5) is 0 Å². The van der Waals surface area contributed by atoms with Crippen molar-refractivity contribution in [1.29, 1.82) is 0 Å². The minimum Gasteiger partial charge on any atom is -0.427 e. The summed E-state index contributed by atoms with van der Waals surface area (Å²) in [5.74, 6) is 0.259. The second-order valence-electron chi connectivity index (χ2n) is 2.98. The number of rotatable bonds is 2. The molecule has 1 fully saturated rings. The predicted molar refractivity (Wildman–Crippen MR) is 58.7 cm³/mol. The van der Waals surface area contributed by atoms with Gasteiger partial charge in [0.2, 0.25) is 0 Å². The quantitative estimate of drug-likeness (QED) is 0.423. The van der Waals surface area contributed by atoms with E-state index >= 15 is 0 Å². The fourth-order valence-electron chi connectivity index (χ4n) is 0.838. The zero-order valence-electron chi connectivity index (χ0n) is 8.73. The fraction of sp³-hybridized carbons (Fsp3) is 0.250. The number of hydrogen-bond acceptors (Lipinski definition) is 3. The Bertz CT molecular complexity index is 322. The molecule has 0 saturated carbocycles. The van der Waals surface area contributed by atoms with Gasteiger partial charge in [-0.05, 0) is 17.7 Å². The Labute approximate surface area is 89.3 Å². The third kappa shape index (κ3) is 5.65. The van der Waals surface area contributed by atoms with Crippen LogP contribution in [0.25, 0.3) is 6.08 Å². The summed E-state index contributed by atoms with van der Waals surface area (Å²) >= 11 is 0. The molecule has 0 aliphatic carbocycles. The van der Waals surface area contributed by atoms with Gasteiger partial charge >= 0.3 is 5.97 Å². The minimum atomic E-state index is -0.304. The van der Waals surface area contributed by atoms with E-state index in [0.29, 0.717) is 5.75 Å². The van der Waals surface area contributed by atoms with Gasteiger partial charge in [0, 0.05) is 6.92 Å². The Morgan fingerprint density at radius 1 is 1.40 bits per heavy atom. The molecule has 3 nitrogen and oxygen atoms in total. The standard InChI is InChI=1S/C10H10O2.C2H4O/c1-3-9-4-6-10(7-5-9)12-8(2)11;1-2-3-1/h3-7H,1H2,2H3;1-2H2. The van der Waals surface area contributed by atoms with Crippen molar-refractivity contribution < 1.29 is 14.3 Å². The van der Waals surface area contributed by atoms with Crippen LogP contribution in [-0.4, -0.2) is 19.2 Å². The normalized spacial score (nSPS) is 12.1.